The zero-order chi connectivity index (χ0) is 48.8. The lowest BCUT2D eigenvalue weighted by molar-refractivity contribution is -0.437. The van der Waals surface area contributed by atoms with E-state index in [1.54, 1.807) is 6.07 Å². The Kier molecular flexibility index (Phi) is 14.3. The van der Waals surface area contributed by atoms with Crippen molar-refractivity contribution in [3.8, 4) is 0 Å². The van der Waals surface area contributed by atoms with Gasteiger partial charge in [0.25, 0.3) is 30.4 Å². The molecule has 4 aromatic carbocycles. The maximum absolute atomic E-state index is 12.6. The van der Waals surface area contributed by atoms with Crippen molar-refractivity contribution in [2.75, 3.05) is 23.7 Å². The van der Waals surface area contributed by atoms with Gasteiger partial charge in [-0.3, -0.25) is 18.5 Å². The van der Waals surface area contributed by atoms with E-state index in [1.807, 2.05) is 63.3 Å². The van der Waals surface area contributed by atoms with Gasteiger partial charge in [0, 0.05) is 71.1 Å². The van der Waals surface area contributed by atoms with Crippen LogP contribution in [0.25, 0.3) is 21.5 Å². The summed E-state index contributed by atoms with van der Waals surface area (Å²) < 4.78 is 131. The first-order chi connectivity index (χ1) is 30.6. The Labute approximate surface area is 388 Å². The molecule has 0 bridgehead atoms. The monoisotopic (exact) mass is 981 g/mol. The highest BCUT2D eigenvalue weighted by molar-refractivity contribution is 7.94. The molecule has 6 rings (SSSR count). The fraction of sp³-hybridized carbons (Fsp3) is 0.375. The van der Waals surface area contributed by atoms with Gasteiger partial charge in [0.15, 0.2) is 15.5 Å². The number of unbranched alkanes of at least 4 members (excludes halogenated alkanes) is 2. The number of sulfone groups is 1. The van der Waals surface area contributed by atoms with E-state index in [2.05, 4.69) is 36.8 Å². The van der Waals surface area contributed by atoms with E-state index < -0.39 is 60.8 Å². The van der Waals surface area contributed by atoms with Gasteiger partial charge in [0.1, 0.15) is 17.2 Å². The first-order valence-electron chi connectivity index (χ1n) is 21.6. The molecule has 2 aliphatic rings. The van der Waals surface area contributed by atoms with E-state index in [4.69, 9.17) is 0 Å². The molecule has 0 saturated carbocycles. The fourth-order valence-electron chi connectivity index (χ4n) is 9.51. The Hall–Kier alpha value is -4.82. The molecule has 0 amide bonds. The highest BCUT2D eigenvalue weighted by Gasteiger charge is 2.46. The summed E-state index contributed by atoms with van der Waals surface area (Å²) in [5.74, 6) is -0.173. The quantitative estimate of drug-likeness (QED) is 0.0346. The molecule has 0 fully saturated rings. The minimum absolute atomic E-state index is 0.0352. The molecule has 0 atom stereocenters. The summed E-state index contributed by atoms with van der Waals surface area (Å²) in [6.07, 6.45) is 12.9. The Bertz CT molecular complexity index is 3250. The second-order valence-corrected chi connectivity index (χ2v) is 24.2. The molecule has 18 heteroatoms. The second kappa shape index (κ2) is 18.7. The van der Waals surface area contributed by atoms with Crippen LogP contribution in [-0.2, 0) is 55.8 Å². The van der Waals surface area contributed by atoms with E-state index in [-0.39, 0.29) is 46.5 Å². The number of carbonyl (C=O) groups is 1. The third-order valence-electron chi connectivity index (χ3n) is 12.6. The number of Topliss-reactive ketones (excluding diaryl/α,β-unsaturated/α-hetero) is 1. The van der Waals surface area contributed by atoms with Crippen LogP contribution in [-0.4, -0.2) is 82.2 Å². The Morgan fingerprint density at radius 1 is 0.712 bits per heavy atom. The van der Waals surface area contributed by atoms with E-state index in [9.17, 15) is 52.1 Å². The number of ketones is 1. The highest BCUT2D eigenvalue weighted by Crippen LogP contribution is 2.52. The third kappa shape index (κ3) is 10.2. The Balaban J connectivity index is 1.36. The van der Waals surface area contributed by atoms with Crippen LogP contribution in [0.5, 0.6) is 0 Å². The highest BCUT2D eigenvalue weighted by atomic mass is 32.2. The predicted molar refractivity (Wildman–Crippen MR) is 259 cm³/mol. The van der Waals surface area contributed by atoms with E-state index in [0.717, 1.165) is 56.9 Å². The number of fused-ring (bicyclic) bond motifs is 6. The van der Waals surface area contributed by atoms with Crippen LogP contribution >= 0.6 is 0 Å². The molecule has 0 saturated heterocycles. The van der Waals surface area contributed by atoms with Crippen molar-refractivity contribution in [1.82, 2.24) is 0 Å². The van der Waals surface area contributed by atoms with Crippen LogP contribution in [0.4, 0.5) is 11.4 Å². The fourth-order valence-corrected chi connectivity index (χ4v) is 12.2. The summed E-state index contributed by atoms with van der Waals surface area (Å²) in [7, 11) is -17.7. The van der Waals surface area contributed by atoms with Crippen molar-refractivity contribution in [2.24, 2.45) is 0 Å². The van der Waals surface area contributed by atoms with Crippen LogP contribution in [0, 0.1) is 6.92 Å². The van der Waals surface area contributed by atoms with E-state index in [1.165, 1.54) is 24.3 Å². The first kappa shape index (κ1) is 50.6. The molecule has 3 N–H and O–H groups in total. The molecular weight excluding hydrogens is 925 g/mol. The molecule has 14 nitrogen and oxygen atoms in total. The third-order valence-corrected chi connectivity index (χ3v) is 16.5. The number of carbonyl (C=O) groups excluding carboxylic acids is 1. The lowest BCUT2D eigenvalue weighted by Crippen LogP contribution is -2.28. The van der Waals surface area contributed by atoms with Gasteiger partial charge in [-0.1, -0.05) is 58.1 Å². The average molecular weight is 982 g/mol. The Morgan fingerprint density at radius 3 is 1.95 bits per heavy atom. The number of nitrogens with zero attached hydrogens (tertiary/aromatic N) is 2. The molecular formula is C48H57N2O12S4+. The van der Waals surface area contributed by atoms with Gasteiger partial charge in [0.05, 0.1) is 21.0 Å². The largest absolute Gasteiger partial charge is 0.344 e. The summed E-state index contributed by atoms with van der Waals surface area (Å²) in [5.41, 5.74) is 4.13. The van der Waals surface area contributed by atoms with Gasteiger partial charge in [-0.25, -0.2) is 8.42 Å². The van der Waals surface area contributed by atoms with E-state index in [0.29, 0.717) is 43.6 Å². The lowest BCUT2D eigenvalue weighted by Gasteiger charge is -2.27. The van der Waals surface area contributed by atoms with Gasteiger partial charge in [-0.2, -0.15) is 29.8 Å². The van der Waals surface area contributed by atoms with Crippen molar-refractivity contribution < 1.29 is 56.7 Å². The number of hydrogen-bond donors (Lipinski definition) is 3. The topological polar surface area (TPSA) is 221 Å². The van der Waals surface area contributed by atoms with Crippen LogP contribution in [0.2, 0.25) is 0 Å². The molecule has 0 aliphatic carbocycles. The number of aryl methyl sites for hydroxylation is 1. The maximum Gasteiger partial charge on any atom is 0.295 e. The van der Waals surface area contributed by atoms with Gasteiger partial charge >= 0.3 is 0 Å². The van der Waals surface area contributed by atoms with Gasteiger partial charge in [0.2, 0.25) is 5.69 Å². The smallest absolute Gasteiger partial charge is 0.295 e. The van der Waals surface area contributed by atoms with Crippen LogP contribution < -0.4 is 4.90 Å². The molecule has 0 unspecified atom stereocenters. The number of hydrogen-bond acceptors (Lipinski definition) is 10. The minimum atomic E-state index is -4.94. The minimum Gasteiger partial charge on any atom is -0.344 e. The molecule has 0 aromatic heterocycles. The molecule has 0 spiro atoms. The van der Waals surface area contributed by atoms with Crippen molar-refractivity contribution in [2.45, 2.75) is 112 Å². The SMILES string of the molecule is C=CS(=O)(=O)CCCC(=O)CCCCCN1/C(=C/C=C/C=C/C2=[N+](CCC)c3ccc4c(C)cc(S(=O)(=O)O)cc4c3C2(C)C)C(C)(C)c2c1ccc1c(S(=O)(=O)O)cc(S(=O)(=O)O)cc21. The zero-order valence-corrected chi connectivity index (χ0v) is 41.2. The summed E-state index contributed by atoms with van der Waals surface area (Å²) in [4.78, 5) is 13.1. The van der Waals surface area contributed by atoms with Gasteiger partial charge < -0.3 is 4.90 Å². The lowest BCUT2D eigenvalue weighted by atomic mass is 9.78. The van der Waals surface area contributed by atoms with Crippen LogP contribution in [0.15, 0.2) is 111 Å². The number of allylic oxidation sites excluding steroid dienone is 6. The summed E-state index contributed by atoms with van der Waals surface area (Å²) in [5, 5.41) is 2.79. The predicted octanol–water partition coefficient (Wildman–Crippen LogP) is 9.09. The molecule has 0 radical (unpaired) electrons. The maximum atomic E-state index is 12.6. The van der Waals surface area contributed by atoms with Crippen molar-refractivity contribution >= 4 is 84.6 Å². The van der Waals surface area contributed by atoms with E-state index >= 15 is 0 Å². The summed E-state index contributed by atoms with van der Waals surface area (Å²) >= 11 is 0. The summed E-state index contributed by atoms with van der Waals surface area (Å²) in [6, 6.07) is 12.2. The summed E-state index contributed by atoms with van der Waals surface area (Å²) in [6.45, 7) is 16.3. The average Bonchev–Trinajstić information content (AvgIpc) is 3.57. The van der Waals surface area contributed by atoms with Gasteiger partial charge in [-0.15, -0.1) is 0 Å². The molecule has 2 aliphatic heterocycles. The molecule has 4 aromatic rings. The number of benzene rings is 4. The van der Waals surface area contributed by atoms with Crippen molar-refractivity contribution in [1.29, 1.82) is 0 Å². The zero-order valence-electron chi connectivity index (χ0n) is 37.9. The number of anilines is 1. The molecule has 354 valence electrons. The number of rotatable bonds is 19. The second-order valence-electron chi connectivity index (χ2n) is 17.9. The van der Waals surface area contributed by atoms with Gasteiger partial charge in [-0.05, 0) is 110 Å². The Morgan fingerprint density at radius 2 is 1.33 bits per heavy atom. The molecule has 66 heavy (non-hydrogen) atoms. The standard InChI is InChI=1S/C48H56N2O12S4/c1-8-25-49-40-23-21-36-32(3)28-34(64(54,55)56)29-38(36)45(40)47(4,5)43(49)19-13-10-14-20-44-48(6,7)46-39-30-35(65(57,58)59)31-42(66(60,61)62)37(39)22-24-41(46)50(44)26-15-11-12-17-33(51)18-16-27-63(52,53)9-2/h9-10,13-14,19-24,28-31H,2,8,11-12,15-18,25-27H2,1,3-7H3,(H2-,54,55,56,57,58,59,60,61,62)/p+1. The molecule has 2 heterocycles. The van der Waals surface area contributed by atoms with Crippen molar-refractivity contribution in [3.63, 3.8) is 0 Å². The van der Waals surface area contributed by atoms with Crippen LogP contribution in [0.1, 0.15) is 96.3 Å². The normalized spacial score (nSPS) is 16.9. The first-order valence-corrected chi connectivity index (χ1v) is 27.6. The van der Waals surface area contributed by atoms with Crippen LogP contribution in [0.3, 0.4) is 0 Å². The van der Waals surface area contributed by atoms with Crippen molar-refractivity contribution in [3.05, 3.63) is 113 Å².